The van der Waals surface area contributed by atoms with Gasteiger partial charge in [0.05, 0.1) is 23.8 Å². The first kappa shape index (κ1) is 19.4. The van der Waals surface area contributed by atoms with E-state index in [2.05, 4.69) is 11.9 Å². The molecular weight excluding hydrogens is 383 g/mol. The molecule has 2 aromatic carbocycles. The van der Waals surface area contributed by atoms with Crippen LogP contribution in [0.3, 0.4) is 0 Å². The summed E-state index contributed by atoms with van der Waals surface area (Å²) in [5, 5.41) is 13.7. The van der Waals surface area contributed by atoms with Gasteiger partial charge < -0.3 is 14.8 Å². The number of hydrogen-bond donors (Lipinski definition) is 1. The summed E-state index contributed by atoms with van der Waals surface area (Å²) in [4.78, 5) is 26.5. The van der Waals surface area contributed by atoms with Crippen molar-refractivity contribution in [1.82, 2.24) is 9.47 Å². The first-order valence-corrected chi connectivity index (χ1v) is 9.49. The fourth-order valence-corrected chi connectivity index (χ4v) is 3.72. The lowest BCUT2D eigenvalue weighted by Crippen LogP contribution is -2.56. The SMILES string of the molecule is C=CC(=O)N1CC(Nc2c(C#N)c(=O)n(Cc3cccc(F)c3)c3ccccc23)C1. The second-order valence-corrected chi connectivity index (χ2v) is 7.19. The minimum atomic E-state index is -0.443. The number of rotatable bonds is 5. The Kier molecular flexibility index (Phi) is 5.07. The van der Waals surface area contributed by atoms with Crippen molar-refractivity contribution in [3.05, 3.63) is 88.5 Å². The molecule has 0 unspecified atom stereocenters. The number of carbonyl (C=O) groups is 1. The highest BCUT2D eigenvalue weighted by Gasteiger charge is 2.30. The molecule has 3 aromatic rings. The van der Waals surface area contributed by atoms with Gasteiger partial charge in [0.15, 0.2) is 0 Å². The molecule has 1 saturated heterocycles. The van der Waals surface area contributed by atoms with Gasteiger partial charge in [-0.3, -0.25) is 9.59 Å². The number of hydrogen-bond acceptors (Lipinski definition) is 4. The first-order chi connectivity index (χ1) is 14.5. The maximum absolute atomic E-state index is 13.6. The van der Waals surface area contributed by atoms with Crippen LogP contribution in [-0.4, -0.2) is 34.5 Å². The van der Waals surface area contributed by atoms with Crippen molar-refractivity contribution < 1.29 is 9.18 Å². The molecule has 0 atom stereocenters. The molecule has 0 radical (unpaired) electrons. The number of pyridine rings is 1. The average molecular weight is 402 g/mol. The van der Waals surface area contributed by atoms with Crippen LogP contribution < -0.4 is 10.9 Å². The number of para-hydroxylation sites is 1. The smallest absolute Gasteiger partial charge is 0.271 e. The number of amides is 1. The van der Waals surface area contributed by atoms with Crippen LogP contribution in [-0.2, 0) is 11.3 Å². The zero-order valence-electron chi connectivity index (χ0n) is 16.1. The van der Waals surface area contributed by atoms with E-state index in [1.165, 1.54) is 22.8 Å². The van der Waals surface area contributed by atoms with Gasteiger partial charge in [-0.15, -0.1) is 0 Å². The van der Waals surface area contributed by atoms with Gasteiger partial charge in [-0.05, 0) is 29.8 Å². The standard InChI is InChI=1S/C23H19FN4O2/c1-2-21(29)27-13-17(14-27)26-22-18-8-3-4-9-20(18)28(23(30)19(22)11-25)12-15-6-5-7-16(24)10-15/h2-10,17,26H,1,12-14H2. The van der Waals surface area contributed by atoms with Gasteiger partial charge in [-0.2, -0.15) is 5.26 Å². The van der Waals surface area contributed by atoms with E-state index in [4.69, 9.17) is 0 Å². The number of nitrogens with one attached hydrogen (secondary N) is 1. The Labute approximate surface area is 172 Å². The normalized spacial score (nSPS) is 13.5. The fraction of sp³-hybridized carbons (Fsp3) is 0.174. The summed E-state index contributed by atoms with van der Waals surface area (Å²) in [6.07, 6.45) is 1.26. The maximum atomic E-state index is 13.6. The molecular formula is C23H19FN4O2. The number of anilines is 1. The van der Waals surface area contributed by atoms with Crippen molar-refractivity contribution in [2.75, 3.05) is 18.4 Å². The molecule has 7 heteroatoms. The zero-order valence-corrected chi connectivity index (χ0v) is 16.1. The molecule has 0 saturated carbocycles. The van der Waals surface area contributed by atoms with E-state index in [-0.39, 0.29) is 29.9 Å². The van der Waals surface area contributed by atoms with E-state index >= 15 is 0 Å². The van der Waals surface area contributed by atoms with Gasteiger partial charge in [-0.1, -0.05) is 36.9 Å². The van der Waals surface area contributed by atoms with E-state index in [1.54, 1.807) is 23.1 Å². The van der Waals surface area contributed by atoms with Crippen molar-refractivity contribution in [2.45, 2.75) is 12.6 Å². The summed E-state index contributed by atoms with van der Waals surface area (Å²) in [6, 6.07) is 15.3. The van der Waals surface area contributed by atoms with Gasteiger partial charge in [-0.25, -0.2) is 4.39 Å². The lowest BCUT2D eigenvalue weighted by molar-refractivity contribution is -0.129. The molecule has 1 N–H and O–H groups in total. The minimum absolute atomic E-state index is 0.00130. The molecule has 6 nitrogen and oxygen atoms in total. The first-order valence-electron chi connectivity index (χ1n) is 9.49. The average Bonchev–Trinajstić information content (AvgIpc) is 2.72. The molecule has 1 aliphatic rings. The Balaban J connectivity index is 1.76. The zero-order chi connectivity index (χ0) is 21.3. The second-order valence-electron chi connectivity index (χ2n) is 7.19. The summed E-state index contributed by atoms with van der Waals surface area (Å²) in [5.74, 6) is -0.531. The molecule has 0 aliphatic carbocycles. The number of carbonyl (C=O) groups excluding carboxylic acids is 1. The molecule has 1 amide bonds. The number of fused-ring (bicyclic) bond motifs is 1. The third-order valence-electron chi connectivity index (χ3n) is 5.23. The van der Waals surface area contributed by atoms with Crippen LogP contribution in [0.2, 0.25) is 0 Å². The second kappa shape index (κ2) is 7.84. The van der Waals surface area contributed by atoms with Gasteiger partial charge in [0.2, 0.25) is 5.91 Å². The van der Waals surface area contributed by atoms with Gasteiger partial charge >= 0.3 is 0 Å². The van der Waals surface area contributed by atoms with Crippen LogP contribution in [0.25, 0.3) is 10.9 Å². The third-order valence-corrected chi connectivity index (χ3v) is 5.23. The highest BCUT2D eigenvalue weighted by atomic mass is 19.1. The van der Waals surface area contributed by atoms with E-state index in [0.717, 1.165) is 5.39 Å². The van der Waals surface area contributed by atoms with E-state index < -0.39 is 5.56 Å². The molecule has 150 valence electrons. The number of halogens is 1. The van der Waals surface area contributed by atoms with Crippen LogP contribution in [0.1, 0.15) is 11.1 Å². The van der Waals surface area contributed by atoms with Crippen LogP contribution in [0.15, 0.2) is 66.0 Å². The predicted octanol–water partition coefficient (Wildman–Crippen LogP) is 2.87. The minimum Gasteiger partial charge on any atom is -0.377 e. The van der Waals surface area contributed by atoms with E-state index in [0.29, 0.717) is 29.9 Å². The highest BCUT2D eigenvalue weighted by Crippen LogP contribution is 2.27. The predicted molar refractivity (Wildman–Crippen MR) is 113 cm³/mol. The highest BCUT2D eigenvalue weighted by molar-refractivity contribution is 5.95. The molecule has 1 aromatic heterocycles. The van der Waals surface area contributed by atoms with E-state index in [1.807, 2.05) is 24.3 Å². The van der Waals surface area contributed by atoms with Crippen molar-refractivity contribution >= 4 is 22.5 Å². The van der Waals surface area contributed by atoms with Crippen LogP contribution >= 0.6 is 0 Å². The number of likely N-dealkylation sites (tertiary alicyclic amines) is 1. The lowest BCUT2D eigenvalue weighted by atomic mass is 10.0. The molecule has 0 spiro atoms. The van der Waals surface area contributed by atoms with Crippen molar-refractivity contribution in [1.29, 1.82) is 5.26 Å². The van der Waals surface area contributed by atoms with Crippen LogP contribution in [0.5, 0.6) is 0 Å². The summed E-state index contributed by atoms with van der Waals surface area (Å²) < 4.78 is 15.1. The number of nitrogens with zero attached hydrogens (tertiary/aromatic N) is 3. The van der Waals surface area contributed by atoms with Crippen LogP contribution in [0.4, 0.5) is 10.1 Å². The third kappa shape index (κ3) is 3.44. The number of benzene rings is 2. The molecule has 0 bridgehead atoms. The Morgan fingerprint density at radius 1 is 1.27 bits per heavy atom. The topological polar surface area (TPSA) is 78.1 Å². The largest absolute Gasteiger partial charge is 0.377 e. The summed E-state index contributed by atoms with van der Waals surface area (Å²) in [6.45, 7) is 4.57. The summed E-state index contributed by atoms with van der Waals surface area (Å²) in [5.41, 5.74) is 1.29. The summed E-state index contributed by atoms with van der Waals surface area (Å²) in [7, 11) is 0. The monoisotopic (exact) mass is 402 g/mol. The Hall–Kier alpha value is -3.92. The van der Waals surface area contributed by atoms with Crippen molar-refractivity contribution in [2.24, 2.45) is 0 Å². The van der Waals surface area contributed by atoms with Gasteiger partial charge in [0, 0.05) is 18.5 Å². The molecule has 2 heterocycles. The fourth-order valence-electron chi connectivity index (χ4n) is 3.72. The maximum Gasteiger partial charge on any atom is 0.271 e. The Morgan fingerprint density at radius 2 is 2.03 bits per heavy atom. The molecule has 1 fully saturated rings. The van der Waals surface area contributed by atoms with E-state index in [9.17, 15) is 19.2 Å². The van der Waals surface area contributed by atoms with Crippen molar-refractivity contribution in [3.8, 4) is 6.07 Å². The van der Waals surface area contributed by atoms with Gasteiger partial charge in [0.25, 0.3) is 5.56 Å². The molecule has 30 heavy (non-hydrogen) atoms. The molecule has 1 aliphatic heterocycles. The van der Waals surface area contributed by atoms with Gasteiger partial charge in [0.1, 0.15) is 17.4 Å². The quantitative estimate of drug-likeness (QED) is 0.666. The number of nitriles is 1. The lowest BCUT2D eigenvalue weighted by Gasteiger charge is -2.39. The Morgan fingerprint density at radius 3 is 2.73 bits per heavy atom. The Bertz CT molecular complexity index is 1250. The number of aromatic nitrogens is 1. The summed E-state index contributed by atoms with van der Waals surface area (Å²) >= 11 is 0. The molecule has 4 rings (SSSR count). The van der Waals surface area contributed by atoms with Crippen LogP contribution in [0, 0.1) is 17.1 Å². The van der Waals surface area contributed by atoms with Crippen molar-refractivity contribution in [3.63, 3.8) is 0 Å².